The van der Waals surface area contributed by atoms with Crippen LogP contribution in [0.3, 0.4) is 0 Å². The highest BCUT2D eigenvalue weighted by Gasteiger charge is 2.44. The molecule has 7 nitrogen and oxygen atoms in total. The summed E-state index contributed by atoms with van der Waals surface area (Å²) in [5, 5.41) is 21.5. The lowest BCUT2D eigenvalue weighted by molar-refractivity contribution is -0.137. The maximum atomic E-state index is 12.6. The molecule has 0 aromatic carbocycles. The molecule has 3 atom stereocenters. The van der Waals surface area contributed by atoms with Crippen molar-refractivity contribution in [3.05, 3.63) is 12.2 Å². The second-order valence-electron chi connectivity index (χ2n) is 7.38. The van der Waals surface area contributed by atoms with Crippen LogP contribution in [0.15, 0.2) is 6.33 Å². The van der Waals surface area contributed by atoms with Gasteiger partial charge in [0.1, 0.15) is 12.2 Å². The number of aliphatic hydroxyl groups excluding tert-OH is 1. The first kappa shape index (κ1) is 17.4. The van der Waals surface area contributed by atoms with Gasteiger partial charge in [0.15, 0.2) is 0 Å². The Hall–Kier alpha value is -1.47. The van der Waals surface area contributed by atoms with Gasteiger partial charge in [0.05, 0.1) is 11.5 Å². The van der Waals surface area contributed by atoms with Gasteiger partial charge in [-0.15, -0.1) is 10.2 Å². The van der Waals surface area contributed by atoms with Crippen LogP contribution in [-0.4, -0.2) is 52.1 Å². The molecule has 0 radical (unpaired) electrons. The molecular weight excluding hydrogens is 308 g/mol. The third-order valence-electron chi connectivity index (χ3n) is 5.87. The van der Waals surface area contributed by atoms with Gasteiger partial charge in [-0.25, -0.2) is 0 Å². The number of hydrogen-bond acceptors (Lipinski definition) is 5. The Morgan fingerprint density at radius 1 is 1.50 bits per heavy atom. The van der Waals surface area contributed by atoms with E-state index < -0.39 is 6.10 Å². The quantitative estimate of drug-likeness (QED) is 0.775. The van der Waals surface area contributed by atoms with E-state index in [1.807, 2.05) is 11.6 Å². The first-order valence-electron chi connectivity index (χ1n) is 8.85. The monoisotopic (exact) mass is 336 g/mol. The Labute approximate surface area is 142 Å². The van der Waals surface area contributed by atoms with Crippen molar-refractivity contribution in [2.75, 3.05) is 20.3 Å². The smallest absolute Gasteiger partial charge is 0.226 e. The first-order chi connectivity index (χ1) is 11.6. The van der Waals surface area contributed by atoms with Crippen molar-refractivity contribution in [2.45, 2.75) is 50.5 Å². The van der Waals surface area contributed by atoms with E-state index in [0.717, 1.165) is 37.9 Å². The Bertz CT molecular complexity index is 570. The Kier molecular flexibility index (Phi) is 5.20. The van der Waals surface area contributed by atoms with E-state index in [9.17, 15) is 9.90 Å². The zero-order chi connectivity index (χ0) is 17.2. The molecule has 0 saturated heterocycles. The summed E-state index contributed by atoms with van der Waals surface area (Å²) in [4.78, 5) is 12.6. The van der Waals surface area contributed by atoms with E-state index in [1.165, 1.54) is 0 Å². The van der Waals surface area contributed by atoms with Crippen molar-refractivity contribution in [1.29, 1.82) is 0 Å². The maximum absolute atomic E-state index is 12.6. The lowest BCUT2D eigenvalue weighted by atomic mass is 9.66. The summed E-state index contributed by atoms with van der Waals surface area (Å²) < 4.78 is 7.06. The number of amides is 1. The molecule has 2 N–H and O–H groups in total. The number of aryl methyl sites for hydroxylation is 1. The number of nitrogens with zero attached hydrogens (tertiary/aromatic N) is 3. The standard InChI is InChI=1S/C17H28N4O3/c1-21-11-19-20-15(21)12-8-13(14(22)9-12)10-18-16(23)17(4-3-5-17)6-7-24-2/h11-14,22H,3-10H2,1-2H3,(H,18,23)/t12-,13+,14+/m0/s1. The maximum Gasteiger partial charge on any atom is 0.226 e. The second kappa shape index (κ2) is 7.19. The lowest BCUT2D eigenvalue weighted by Crippen LogP contribution is -2.48. The summed E-state index contributed by atoms with van der Waals surface area (Å²) in [5.74, 6) is 1.33. The number of rotatable bonds is 7. The predicted octanol–water partition coefficient (Wildman–Crippen LogP) is 0.993. The van der Waals surface area contributed by atoms with Crippen LogP contribution in [0.4, 0.5) is 0 Å². The molecule has 7 heteroatoms. The first-order valence-corrected chi connectivity index (χ1v) is 8.85. The summed E-state index contributed by atoms with van der Waals surface area (Å²) in [7, 11) is 3.60. The van der Waals surface area contributed by atoms with E-state index in [2.05, 4.69) is 15.5 Å². The average Bonchev–Trinajstić information content (AvgIpc) is 3.10. The second-order valence-corrected chi connectivity index (χ2v) is 7.38. The van der Waals surface area contributed by atoms with Crippen LogP contribution < -0.4 is 5.32 Å². The van der Waals surface area contributed by atoms with Crippen molar-refractivity contribution in [3.8, 4) is 0 Å². The molecule has 24 heavy (non-hydrogen) atoms. The Morgan fingerprint density at radius 3 is 2.88 bits per heavy atom. The number of aliphatic hydroxyl groups is 1. The van der Waals surface area contributed by atoms with Gasteiger partial charge in [-0.3, -0.25) is 4.79 Å². The van der Waals surface area contributed by atoms with Crippen LogP contribution in [-0.2, 0) is 16.6 Å². The minimum Gasteiger partial charge on any atom is -0.393 e. The van der Waals surface area contributed by atoms with Gasteiger partial charge in [0, 0.05) is 39.1 Å². The number of nitrogens with one attached hydrogen (secondary N) is 1. The summed E-state index contributed by atoms with van der Waals surface area (Å²) in [6.45, 7) is 1.15. The SMILES string of the molecule is COCCC1(C(=O)NC[C@H]2C[C@H](c3nncn3C)C[C@H]2O)CCC1. The largest absolute Gasteiger partial charge is 0.393 e. The fourth-order valence-electron chi connectivity index (χ4n) is 4.10. The van der Waals surface area contributed by atoms with Crippen LogP contribution in [0.2, 0.25) is 0 Å². The molecule has 2 saturated carbocycles. The third-order valence-corrected chi connectivity index (χ3v) is 5.87. The summed E-state index contributed by atoms with van der Waals surface area (Å²) in [6.07, 6.45) is 6.58. The topological polar surface area (TPSA) is 89.3 Å². The molecule has 3 rings (SSSR count). The van der Waals surface area contributed by atoms with Crippen LogP contribution in [0.25, 0.3) is 0 Å². The highest BCUT2D eigenvalue weighted by molar-refractivity contribution is 5.83. The molecule has 1 heterocycles. The lowest BCUT2D eigenvalue weighted by Gasteiger charge is -2.40. The fourth-order valence-corrected chi connectivity index (χ4v) is 4.10. The zero-order valence-corrected chi connectivity index (χ0v) is 14.6. The van der Waals surface area contributed by atoms with Gasteiger partial charge in [-0.05, 0) is 32.1 Å². The zero-order valence-electron chi connectivity index (χ0n) is 14.6. The molecule has 1 aromatic rings. The van der Waals surface area contributed by atoms with Crippen molar-refractivity contribution in [1.82, 2.24) is 20.1 Å². The Balaban J connectivity index is 1.53. The van der Waals surface area contributed by atoms with E-state index in [0.29, 0.717) is 19.6 Å². The third kappa shape index (κ3) is 3.32. The van der Waals surface area contributed by atoms with Gasteiger partial charge in [0.25, 0.3) is 0 Å². The number of hydrogen-bond donors (Lipinski definition) is 2. The van der Waals surface area contributed by atoms with E-state index >= 15 is 0 Å². The molecule has 0 unspecified atom stereocenters. The molecule has 2 aliphatic rings. The van der Waals surface area contributed by atoms with Gasteiger partial charge in [0.2, 0.25) is 5.91 Å². The molecule has 1 aromatic heterocycles. The normalized spacial score (nSPS) is 28.5. The van der Waals surface area contributed by atoms with Crippen LogP contribution in [0.5, 0.6) is 0 Å². The van der Waals surface area contributed by atoms with Crippen molar-refractivity contribution in [2.24, 2.45) is 18.4 Å². The molecule has 134 valence electrons. The minimum atomic E-state index is -0.400. The van der Waals surface area contributed by atoms with Crippen LogP contribution in [0.1, 0.15) is 50.3 Å². The molecule has 1 amide bonds. The van der Waals surface area contributed by atoms with Gasteiger partial charge < -0.3 is 19.7 Å². The van der Waals surface area contributed by atoms with Gasteiger partial charge in [-0.2, -0.15) is 0 Å². The number of aromatic nitrogens is 3. The van der Waals surface area contributed by atoms with E-state index in [-0.39, 0.29) is 23.2 Å². The molecule has 0 bridgehead atoms. The van der Waals surface area contributed by atoms with Gasteiger partial charge >= 0.3 is 0 Å². The van der Waals surface area contributed by atoms with Gasteiger partial charge in [-0.1, -0.05) is 6.42 Å². The number of carbonyl (C=O) groups excluding carboxylic acids is 1. The van der Waals surface area contributed by atoms with E-state index in [1.54, 1.807) is 13.4 Å². The number of carbonyl (C=O) groups is 1. The summed E-state index contributed by atoms with van der Waals surface area (Å²) in [5.41, 5.74) is -0.247. The highest BCUT2D eigenvalue weighted by Crippen LogP contribution is 2.44. The summed E-state index contributed by atoms with van der Waals surface area (Å²) in [6, 6.07) is 0. The highest BCUT2D eigenvalue weighted by atomic mass is 16.5. The van der Waals surface area contributed by atoms with Crippen molar-refractivity contribution in [3.63, 3.8) is 0 Å². The van der Waals surface area contributed by atoms with E-state index in [4.69, 9.17) is 4.74 Å². The number of ether oxygens (including phenoxy) is 1. The predicted molar refractivity (Wildman–Crippen MR) is 88.3 cm³/mol. The number of methoxy groups -OCH3 is 1. The van der Waals surface area contributed by atoms with Crippen molar-refractivity contribution >= 4 is 5.91 Å². The molecule has 2 fully saturated rings. The summed E-state index contributed by atoms with van der Waals surface area (Å²) >= 11 is 0. The molecule has 0 spiro atoms. The van der Waals surface area contributed by atoms with Crippen LogP contribution in [0, 0.1) is 11.3 Å². The molecule has 2 aliphatic carbocycles. The fraction of sp³-hybridized carbons (Fsp3) is 0.824. The minimum absolute atomic E-state index is 0.0789. The molecule has 0 aliphatic heterocycles. The average molecular weight is 336 g/mol. The van der Waals surface area contributed by atoms with Crippen molar-refractivity contribution < 1.29 is 14.6 Å². The van der Waals surface area contributed by atoms with Crippen LogP contribution >= 0.6 is 0 Å². The molecular formula is C17H28N4O3. The Morgan fingerprint density at radius 2 is 2.29 bits per heavy atom.